The van der Waals surface area contributed by atoms with Crippen LogP contribution in [0.1, 0.15) is 73.1 Å². The Morgan fingerprint density at radius 1 is 0.950 bits per heavy atom. The molecule has 0 aliphatic carbocycles. The van der Waals surface area contributed by atoms with Gasteiger partial charge in [-0.3, -0.25) is 9.59 Å². The van der Waals surface area contributed by atoms with Crippen LogP contribution in [-0.2, 0) is 9.59 Å². The SMILES string of the molecule is CC(CCCCC(C)(C)CCC(C)(C)C(=O)O)C(=O)O. The van der Waals surface area contributed by atoms with Crippen LogP contribution in [0.5, 0.6) is 0 Å². The molecule has 0 heterocycles. The molecule has 0 aromatic heterocycles. The van der Waals surface area contributed by atoms with E-state index in [9.17, 15) is 9.59 Å². The van der Waals surface area contributed by atoms with E-state index >= 15 is 0 Å². The second kappa shape index (κ2) is 7.65. The Balaban J connectivity index is 4.02. The summed E-state index contributed by atoms with van der Waals surface area (Å²) in [6.07, 6.45) is 5.18. The van der Waals surface area contributed by atoms with Crippen molar-refractivity contribution in [3.05, 3.63) is 0 Å². The minimum atomic E-state index is -0.747. The second-order valence-corrected chi connectivity index (χ2v) is 7.34. The molecule has 0 radical (unpaired) electrons. The molecule has 0 rings (SSSR count). The van der Waals surface area contributed by atoms with Crippen molar-refractivity contribution in [1.82, 2.24) is 0 Å². The van der Waals surface area contributed by atoms with Crippen LogP contribution in [0.25, 0.3) is 0 Å². The maximum Gasteiger partial charge on any atom is 0.309 e. The first-order chi connectivity index (χ1) is 8.98. The van der Waals surface area contributed by atoms with E-state index in [2.05, 4.69) is 13.8 Å². The highest BCUT2D eigenvalue weighted by Gasteiger charge is 2.30. The molecule has 0 aliphatic rings. The zero-order chi connectivity index (χ0) is 16.0. The van der Waals surface area contributed by atoms with Crippen molar-refractivity contribution < 1.29 is 19.8 Å². The average Bonchev–Trinajstić information content (AvgIpc) is 2.32. The molecule has 1 atom stereocenters. The molecular formula is C16H30O4. The van der Waals surface area contributed by atoms with Crippen LogP contribution >= 0.6 is 0 Å². The van der Waals surface area contributed by atoms with Gasteiger partial charge in [0.25, 0.3) is 0 Å². The molecule has 20 heavy (non-hydrogen) atoms. The van der Waals surface area contributed by atoms with Gasteiger partial charge in [0.1, 0.15) is 0 Å². The van der Waals surface area contributed by atoms with Gasteiger partial charge in [-0.25, -0.2) is 0 Å². The van der Waals surface area contributed by atoms with Crippen LogP contribution in [0.3, 0.4) is 0 Å². The van der Waals surface area contributed by atoms with Gasteiger partial charge in [-0.1, -0.05) is 33.6 Å². The van der Waals surface area contributed by atoms with Crippen LogP contribution < -0.4 is 0 Å². The van der Waals surface area contributed by atoms with Gasteiger partial charge in [0, 0.05) is 0 Å². The third kappa shape index (κ3) is 7.51. The quantitative estimate of drug-likeness (QED) is 0.591. The molecule has 0 aromatic rings. The van der Waals surface area contributed by atoms with Crippen LogP contribution in [-0.4, -0.2) is 22.2 Å². The minimum Gasteiger partial charge on any atom is -0.481 e. The van der Waals surface area contributed by atoms with Crippen molar-refractivity contribution in [3.63, 3.8) is 0 Å². The van der Waals surface area contributed by atoms with Gasteiger partial charge >= 0.3 is 11.9 Å². The fourth-order valence-electron chi connectivity index (χ4n) is 2.06. The second-order valence-electron chi connectivity index (χ2n) is 7.34. The monoisotopic (exact) mass is 286 g/mol. The van der Waals surface area contributed by atoms with Gasteiger partial charge in [0.15, 0.2) is 0 Å². The maximum absolute atomic E-state index is 11.1. The first-order valence-electron chi connectivity index (χ1n) is 7.44. The van der Waals surface area contributed by atoms with Gasteiger partial charge in [-0.05, 0) is 44.9 Å². The van der Waals surface area contributed by atoms with Gasteiger partial charge in [0.05, 0.1) is 11.3 Å². The van der Waals surface area contributed by atoms with Gasteiger partial charge in [-0.2, -0.15) is 0 Å². The van der Waals surface area contributed by atoms with E-state index in [1.54, 1.807) is 20.8 Å². The summed E-state index contributed by atoms with van der Waals surface area (Å²) in [6.45, 7) is 9.58. The summed E-state index contributed by atoms with van der Waals surface area (Å²) in [6, 6.07) is 0. The number of hydrogen-bond acceptors (Lipinski definition) is 2. The number of carbonyl (C=O) groups is 2. The van der Waals surface area contributed by atoms with Crippen molar-refractivity contribution >= 4 is 11.9 Å². The highest BCUT2D eigenvalue weighted by atomic mass is 16.4. The van der Waals surface area contributed by atoms with E-state index in [-0.39, 0.29) is 11.3 Å². The van der Waals surface area contributed by atoms with Crippen molar-refractivity contribution in [2.45, 2.75) is 73.1 Å². The molecule has 118 valence electrons. The lowest BCUT2D eigenvalue weighted by molar-refractivity contribution is -0.147. The van der Waals surface area contributed by atoms with E-state index < -0.39 is 17.4 Å². The highest BCUT2D eigenvalue weighted by molar-refractivity contribution is 5.73. The third-order valence-corrected chi connectivity index (χ3v) is 4.17. The summed E-state index contributed by atoms with van der Waals surface area (Å²) >= 11 is 0. The number of hydrogen-bond donors (Lipinski definition) is 2. The van der Waals surface area contributed by atoms with E-state index in [4.69, 9.17) is 10.2 Å². The Bertz CT molecular complexity index is 331. The lowest BCUT2D eigenvalue weighted by Crippen LogP contribution is -2.26. The normalized spacial score (nSPS) is 14.1. The number of unbranched alkanes of at least 4 members (excludes halogenated alkanes) is 1. The summed E-state index contributed by atoms with van der Waals surface area (Å²) in [7, 11) is 0. The molecule has 0 bridgehead atoms. The first kappa shape index (κ1) is 18.9. The number of aliphatic carboxylic acids is 2. The molecule has 0 fully saturated rings. The third-order valence-electron chi connectivity index (χ3n) is 4.17. The Labute approximate surface area is 122 Å². The summed E-state index contributed by atoms with van der Waals surface area (Å²) < 4.78 is 0. The van der Waals surface area contributed by atoms with E-state index in [1.165, 1.54) is 0 Å². The average molecular weight is 286 g/mol. The lowest BCUT2D eigenvalue weighted by atomic mass is 9.76. The summed E-state index contributed by atoms with van der Waals surface area (Å²) in [5, 5.41) is 17.9. The molecule has 2 N–H and O–H groups in total. The van der Waals surface area contributed by atoms with Gasteiger partial charge in [-0.15, -0.1) is 0 Å². The van der Waals surface area contributed by atoms with Crippen molar-refractivity contribution in [3.8, 4) is 0 Å². The number of rotatable bonds is 10. The molecule has 1 unspecified atom stereocenters. The molecule has 0 aliphatic heterocycles. The summed E-state index contributed by atoms with van der Waals surface area (Å²) in [5.74, 6) is -1.75. The fraction of sp³-hybridized carbons (Fsp3) is 0.875. The fourth-order valence-corrected chi connectivity index (χ4v) is 2.06. The molecular weight excluding hydrogens is 256 g/mol. The molecule has 0 saturated carbocycles. The Kier molecular flexibility index (Phi) is 7.25. The van der Waals surface area contributed by atoms with E-state index in [0.717, 1.165) is 25.7 Å². The van der Waals surface area contributed by atoms with Gasteiger partial charge < -0.3 is 10.2 Å². The zero-order valence-electron chi connectivity index (χ0n) is 13.5. The Morgan fingerprint density at radius 3 is 1.95 bits per heavy atom. The molecule has 0 amide bonds. The van der Waals surface area contributed by atoms with Crippen LogP contribution in [0.15, 0.2) is 0 Å². The standard InChI is InChI=1S/C16H30O4/c1-12(13(17)18)8-6-7-9-15(2,3)10-11-16(4,5)14(19)20/h12H,6-11H2,1-5H3,(H,17,18)(H,19,20). The van der Waals surface area contributed by atoms with Crippen LogP contribution in [0.2, 0.25) is 0 Å². The molecule has 0 aromatic carbocycles. The lowest BCUT2D eigenvalue weighted by Gasteiger charge is -2.29. The topological polar surface area (TPSA) is 74.6 Å². The molecule has 0 saturated heterocycles. The Morgan fingerprint density at radius 2 is 1.50 bits per heavy atom. The smallest absolute Gasteiger partial charge is 0.309 e. The highest BCUT2D eigenvalue weighted by Crippen LogP contribution is 2.34. The predicted molar refractivity (Wildman–Crippen MR) is 79.7 cm³/mol. The molecule has 0 spiro atoms. The van der Waals surface area contributed by atoms with Crippen molar-refractivity contribution in [2.75, 3.05) is 0 Å². The van der Waals surface area contributed by atoms with Crippen molar-refractivity contribution in [1.29, 1.82) is 0 Å². The molecule has 4 heteroatoms. The summed E-state index contributed by atoms with van der Waals surface area (Å²) in [4.78, 5) is 21.8. The van der Waals surface area contributed by atoms with E-state index in [0.29, 0.717) is 12.8 Å². The maximum atomic E-state index is 11.1. The Hall–Kier alpha value is -1.06. The van der Waals surface area contributed by atoms with E-state index in [1.807, 2.05) is 0 Å². The predicted octanol–water partition coefficient (Wildman–Crippen LogP) is 4.18. The zero-order valence-corrected chi connectivity index (χ0v) is 13.5. The van der Waals surface area contributed by atoms with Crippen LogP contribution in [0, 0.1) is 16.7 Å². The van der Waals surface area contributed by atoms with Crippen molar-refractivity contribution in [2.24, 2.45) is 16.7 Å². The number of carboxylic acid groups (broad SMARTS) is 2. The van der Waals surface area contributed by atoms with Crippen LogP contribution in [0.4, 0.5) is 0 Å². The minimum absolute atomic E-state index is 0.110. The number of carboxylic acids is 2. The molecule has 4 nitrogen and oxygen atoms in total. The van der Waals surface area contributed by atoms with Gasteiger partial charge in [0.2, 0.25) is 0 Å². The first-order valence-corrected chi connectivity index (χ1v) is 7.44. The summed E-state index contributed by atoms with van der Waals surface area (Å²) in [5.41, 5.74) is -0.561. The largest absolute Gasteiger partial charge is 0.481 e.